The Hall–Kier alpha value is -3.81. The summed E-state index contributed by atoms with van der Waals surface area (Å²) in [6.45, 7) is 5.67. The molecule has 3 heterocycles. The highest BCUT2D eigenvalue weighted by atomic mass is 35.5. The van der Waals surface area contributed by atoms with Crippen molar-refractivity contribution in [3.8, 4) is 5.88 Å². The number of ether oxygens (including phenoxy) is 2. The Morgan fingerprint density at radius 2 is 1.95 bits per heavy atom. The van der Waals surface area contributed by atoms with Gasteiger partial charge in [0, 0.05) is 29.2 Å². The fraction of sp³-hybridized carbons (Fsp3) is 0.367. The highest BCUT2D eigenvalue weighted by Crippen LogP contribution is 2.40. The normalized spacial score (nSPS) is 15.8. The van der Waals surface area contributed by atoms with Crippen molar-refractivity contribution < 1.29 is 32.5 Å². The highest BCUT2D eigenvalue weighted by Gasteiger charge is 2.38. The van der Waals surface area contributed by atoms with Crippen LogP contribution in [0.3, 0.4) is 0 Å². The lowest BCUT2D eigenvalue weighted by atomic mass is 9.90. The number of alkyl carbamates (subject to hydrolysis) is 1. The van der Waals surface area contributed by atoms with Crippen molar-refractivity contribution in [2.75, 3.05) is 13.2 Å². The van der Waals surface area contributed by atoms with E-state index in [2.05, 4.69) is 15.5 Å². The van der Waals surface area contributed by atoms with Crippen LogP contribution in [-0.4, -0.2) is 50.3 Å². The molecule has 1 aliphatic rings. The average Bonchev–Trinajstić information content (AvgIpc) is 3.50. The van der Waals surface area contributed by atoms with Gasteiger partial charge in [-0.3, -0.25) is 14.5 Å². The predicted octanol–water partition coefficient (Wildman–Crippen LogP) is 6.83. The molecule has 3 N–H and O–H groups in total. The van der Waals surface area contributed by atoms with Gasteiger partial charge in [-0.05, 0) is 75.1 Å². The van der Waals surface area contributed by atoms with Crippen molar-refractivity contribution >= 4 is 51.6 Å². The Balaban J connectivity index is 1.63. The van der Waals surface area contributed by atoms with Gasteiger partial charge < -0.3 is 19.9 Å². The molecule has 0 saturated carbocycles. The molecule has 0 spiro atoms. The van der Waals surface area contributed by atoms with Crippen molar-refractivity contribution in [1.29, 1.82) is 0 Å². The van der Waals surface area contributed by atoms with Crippen LogP contribution in [0.25, 0.3) is 22.6 Å². The molecule has 0 bridgehead atoms. The molecule has 2 aromatic carbocycles. The maximum absolute atomic E-state index is 14.1. The standard InChI is InChI=1S/C30H30ClF3N4O5S/c1-28(2,3)43-26(40)36-29(8-10-42-11-9-29)16-38-25(39)24(44-27(38)41)21(17-5-7-23-19(12-17)15-35-37-23)13-18-4-6-20(31)14-22(18)30(32,33)34/h4-7,12-15,39H,8-11,16H2,1-3H3,(H,35,37)(H,36,40). The van der Waals surface area contributed by atoms with Gasteiger partial charge in [0.1, 0.15) is 10.5 Å². The van der Waals surface area contributed by atoms with Crippen LogP contribution < -0.4 is 10.2 Å². The van der Waals surface area contributed by atoms with Crippen LogP contribution >= 0.6 is 22.9 Å². The quantitative estimate of drug-likeness (QED) is 0.197. The number of nitrogens with one attached hydrogen (secondary N) is 2. The van der Waals surface area contributed by atoms with Gasteiger partial charge in [-0.15, -0.1) is 0 Å². The van der Waals surface area contributed by atoms with Gasteiger partial charge in [0.2, 0.25) is 5.88 Å². The van der Waals surface area contributed by atoms with Gasteiger partial charge in [-0.1, -0.05) is 35.1 Å². The largest absolute Gasteiger partial charge is 0.493 e. The van der Waals surface area contributed by atoms with Crippen LogP contribution in [0, 0.1) is 0 Å². The molecular weight excluding hydrogens is 621 g/mol. The minimum Gasteiger partial charge on any atom is -0.493 e. The summed E-state index contributed by atoms with van der Waals surface area (Å²) < 4.78 is 54.2. The number of fused-ring (bicyclic) bond motifs is 1. The number of nitrogens with zero attached hydrogens (tertiary/aromatic N) is 2. The number of thiazole rings is 1. The molecule has 1 saturated heterocycles. The second-order valence-electron chi connectivity index (χ2n) is 11.6. The number of alkyl halides is 3. The number of H-pyrrole nitrogens is 1. The first-order chi connectivity index (χ1) is 20.6. The predicted molar refractivity (Wildman–Crippen MR) is 162 cm³/mol. The summed E-state index contributed by atoms with van der Waals surface area (Å²) in [6.07, 6.45) is -1.89. The number of carbonyl (C=O) groups excluding carboxylic acids is 1. The SMILES string of the molecule is CC(C)(C)OC(=O)NC1(Cn2c(O)c(C(=Cc3ccc(Cl)cc3C(F)(F)F)c3ccc4[nH]ncc4c3)sc2=O)CCOCC1. The van der Waals surface area contributed by atoms with E-state index in [0.29, 0.717) is 53.9 Å². The van der Waals surface area contributed by atoms with Gasteiger partial charge in [-0.25, -0.2) is 4.79 Å². The molecule has 9 nitrogen and oxygen atoms in total. The second-order valence-corrected chi connectivity index (χ2v) is 13.0. The van der Waals surface area contributed by atoms with Crippen molar-refractivity contribution in [1.82, 2.24) is 20.1 Å². The lowest BCUT2D eigenvalue weighted by Gasteiger charge is -2.38. The van der Waals surface area contributed by atoms with Gasteiger partial charge in [0.15, 0.2) is 0 Å². The molecule has 234 valence electrons. The van der Waals surface area contributed by atoms with E-state index in [-0.39, 0.29) is 27.6 Å². The molecular formula is C30H30ClF3N4O5S. The van der Waals surface area contributed by atoms with Crippen molar-refractivity contribution in [2.24, 2.45) is 0 Å². The Kier molecular flexibility index (Phi) is 8.58. The first kappa shape index (κ1) is 31.6. The summed E-state index contributed by atoms with van der Waals surface area (Å²) in [5, 5.41) is 21.8. The zero-order chi connectivity index (χ0) is 31.9. The second kappa shape index (κ2) is 11.9. The maximum atomic E-state index is 14.1. The summed E-state index contributed by atoms with van der Waals surface area (Å²) in [7, 11) is 0. The molecule has 1 fully saturated rings. The molecule has 5 rings (SSSR count). The molecule has 14 heteroatoms. The Bertz CT molecular complexity index is 1780. The van der Waals surface area contributed by atoms with Crippen LogP contribution in [0.2, 0.25) is 5.02 Å². The summed E-state index contributed by atoms with van der Waals surface area (Å²) in [5.74, 6) is -0.446. The number of aromatic nitrogens is 3. The third kappa shape index (κ3) is 6.95. The number of hydrogen-bond donors (Lipinski definition) is 3. The summed E-state index contributed by atoms with van der Waals surface area (Å²) in [5.41, 5.74) is -1.61. The zero-order valence-corrected chi connectivity index (χ0v) is 25.6. The average molecular weight is 651 g/mol. The number of halogens is 4. The van der Waals surface area contributed by atoms with Gasteiger partial charge in [0.05, 0.1) is 29.4 Å². The molecule has 2 aromatic heterocycles. The number of carbonyl (C=O) groups is 1. The summed E-state index contributed by atoms with van der Waals surface area (Å²) >= 11 is 6.60. The fourth-order valence-corrected chi connectivity index (χ4v) is 6.16. The Morgan fingerprint density at radius 1 is 1.23 bits per heavy atom. The Morgan fingerprint density at radius 3 is 2.64 bits per heavy atom. The van der Waals surface area contributed by atoms with Crippen molar-refractivity contribution in [2.45, 2.75) is 57.5 Å². The lowest BCUT2D eigenvalue weighted by Crippen LogP contribution is -2.56. The lowest BCUT2D eigenvalue weighted by molar-refractivity contribution is -0.137. The number of benzene rings is 2. The summed E-state index contributed by atoms with van der Waals surface area (Å²) in [4.78, 5) is 25.7. The topological polar surface area (TPSA) is 118 Å². The minimum atomic E-state index is -4.72. The number of rotatable bonds is 6. The highest BCUT2D eigenvalue weighted by molar-refractivity contribution is 7.11. The van der Waals surface area contributed by atoms with Crippen molar-refractivity contribution in [3.63, 3.8) is 0 Å². The summed E-state index contributed by atoms with van der Waals surface area (Å²) in [6, 6.07) is 8.47. The maximum Gasteiger partial charge on any atom is 0.417 e. The number of amides is 1. The van der Waals surface area contributed by atoms with Gasteiger partial charge in [-0.2, -0.15) is 18.3 Å². The van der Waals surface area contributed by atoms with E-state index in [1.54, 1.807) is 45.2 Å². The van der Waals surface area contributed by atoms with E-state index in [4.69, 9.17) is 21.1 Å². The third-order valence-electron chi connectivity index (χ3n) is 7.16. The van der Waals surface area contributed by atoms with E-state index in [1.165, 1.54) is 18.2 Å². The van der Waals surface area contributed by atoms with Crippen LogP contribution in [0.4, 0.5) is 18.0 Å². The van der Waals surface area contributed by atoms with E-state index >= 15 is 0 Å². The fourth-order valence-electron chi connectivity index (χ4n) is 5.07. The molecule has 0 atom stereocenters. The van der Waals surface area contributed by atoms with Crippen molar-refractivity contribution in [3.05, 3.63) is 78.9 Å². The molecule has 1 amide bonds. The smallest absolute Gasteiger partial charge is 0.417 e. The first-order valence-electron chi connectivity index (χ1n) is 13.7. The molecule has 0 aliphatic carbocycles. The number of aromatic hydroxyl groups is 1. The number of aromatic amines is 1. The number of hydrogen-bond acceptors (Lipinski definition) is 7. The monoisotopic (exact) mass is 650 g/mol. The molecule has 1 aliphatic heterocycles. The Labute approximate surface area is 259 Å². The molecule has 0 radical (unpaired) electrons. The third-order valence-corrected chi connectivity index (χ3v) is 8.40. The van der Waals surface area contributed by atoms with E-state index in [1.807, 2.05) is 0 Å². The first-order valence-corrected chi connectivity index (χ1v) is 14.9. The van der Waals surface area contributed by atoms with Gasteiger partial charge >= 0.3 is 17.1 Å². The van der Waals surface area contributed by atoms with E-state index in [9.17, 15) is 27.9 Å². The van der Waals surface area contributed by atoms with Crippen LogP contribution in [0.1, 0.15) is 55.2 Å². The molecule has 44 heavy (non-hydrogen) atoms. The van der Waals surface area contributed by atoms with Gasteiger partial charge in [0.25, 0.3) is 0 Å². The van der Waals surface area contributed by atoms with Crippen LogP contribution in [0.5, 0.6) is 5.88 Å². The molecule has 4 aromatic rings. The van der Waals surface area contributed by atoms with E-state index < -0.39 is 39.7 Å². The molecule has 0 unspecified atom stereocenters. The van der Waals surface area contributed by atoms with E-state index in [0.717, 1.165) is 10.6 Å². The minimum absolute atomic E-state index is 0.0559. The zero-order valence-electron chi connectivity index (χ0n) is 24.0. The van der Waals surface area contributed by atoms with Crippen LogP contribution in [0.15, 0.2) is 47.4 Å². The van der Waals surface area contributed by atoms with Crippen LogP contribution in [-0.2, 0) is 22.2 Å².